The molecule has 0 aliphatic heterocycles. The molecule has 0 aliphatic rings. The first-order valence-corrected chi connectivity index (χ1v) is 7.88. The van der Waals surface area contributed by atoms with Crippen LogP contribution in [0.5, 0.6) is 0 Å². The predicted molar refractivity (Wildman–Crippen MR) is 94.1 cm³/mol. The number of nitrogens with one attached hydrogen (secondary N) is 1. The lowest BCUT2D eigenvalue weighted by Gasteiger charge is -2.16. The Morgan fingerprint density at radius 1 is 1.12 bits per heavy atom. The van der Waals surface area contributed by atoms with Crippen molar-refractivity contribution in [3.05, 3.63) is 65.5 Å². The lowest BCUT2D eigenvalue weighted by molar-refractivity contribution is -0.136. The molecular weight excluding hydrogens is 339 g/mol. The summed E-state index contributed by atoms with van der Waals surface area (Å²) >= 11 is 0. The van der Waals surface area contributed by atoms with E-state index in [0.29, 0.717) is 11.3 Å². The highest BCUT2D eigenvalue weighted by atomic mass is 19.1. The summed E-state index contributed by atoms with van der Waals surface area (Å²) in [6.07, 6.45) is 0. The van der Waals surface area contributed by atoms with Crippen LogP contribution in [0.1, 0.15) is 15.9 Å². The Balaban J connectivity index is 1.80. The SMILES string of the molecule is Cc1cccc(C(=O)OCC(=O)N(C)CC(=O)Nc2ccc(F)cc2)c1. The van der Waals surface area contributed by atoms with Gasteiger partial charge in [-0.3, -0.25) is 9.59 Å². The highest BCUT2D eigenvalue weighted by Gasteiger charge is 2.16. The predicted octanol–water partition coefficient (Wildman–Crippen LogP) is 2.39. The van der Waals surface area contributed by atoms with Gasteiger partial charge < -0.3 is 15.0 Å². The summed E-state index contributed by atoms with van der Waals surface area (Å²) < 4.78 is 17.8. The third-order valence-electron chi connectivity index (χ3n) is 3.52. The number of aryl methyl sites for hydroxylation is 1. The van der Waals surface area contributed by atoms with E-state index in [0.717, 1.165) is 10.5 Å². The maximum Gasteiger partial charge on any atom is 0.338 e. The number of anilines is 1. The van der Waals surface area contributed by atoms with Crippen molar-refractivity contribution in [1.29, 1.82) is 0 Å². The van der Waals surface area contributed by atoms with Gasteiger partial charge in [0.05, 0.1) is 12.1 Å². The summed E-state index contributed by atoms with van der Waals surface area (Å²) in [4.78, 5) is 37.0. The van der Waals surface area contributed by atoms with Gasteiger partial charge in [0.15, 0.2) is 6.61 Å². The summed E-state index contributed by atoms with van der Waals surface area (Å²) in [5, 5.41) is 2.54. The Bertz CT molecular complexity index is 805. The van der Waals surface area contributed by atoms with Gasteiger partial charge in [-0.25, -0.2) is 9.18 Å². The maximum absolute atomic E-state index is 12.8. The van der Waals surface area contributed by atoms with Crippen molar-refractivity contribution in [2.45, 2.75) is 6.92 Å². The van der Waals surface area contributed by atoms with Crippen LogP contribution >= 0.6 is 0 Å². The third kappa shape index (κ3) is 5.70. The smallest absolute Gasteiger partial charge is 0.338 e. The summed E-state index contributed by atoms with van der Waals surface area (Å²) in [5.74, 6) is -1.98. The van der Waals surface area contributed by atoms with E-state index in [1.54, 1.807) is 18.2 Å². The van der Waals surface area contributed by atoms with Gasteiger partial charge in [0.2, 0.25) is 5.91 Å². The molecule has 2 amide bonds. The number of hydrogen-bond donors (Lipinski definition) is 1. The molecule has 2 aromatic rings. The molecule has 0 saturated heterocycles. The second-order valence-electron chi connectivity index (χ2n) is 5.75. The van der Waals surface area contributed by atoms with Crippen molar-refractivity contribution in [1.82, 2.24) is 4.90 Å². The Labute approximate surface area is 150 Å². The zero-order valence-corrected chi connectivity index (χ0v) is 14.5. The van der Waals surface area contributed by atoms with Gasteiger partial charge in [0, 0.05) is 12.7 Å². The van der Waals surface area contributed by atoms with E-state index in [1.807, 2.05) is 13.0 Å². The monoisotopic (exact) mass is 358 g/mol. The fraction of sp³-hybridized carbons (Fsp3) is 0.211. The number of carbonyl (C=O) groups is 3. The highest BCUT2D eigenvalue weighted by molar-refractivity contribution is 5.95. The third-order valence-corrected chi connectivity index (χ3v) is 3.52. The zero-order valence-electron chi connectivity index (χ0n) is 14.5. The van der Waals surface area contributed by atoms with Crippen LogP contribution in [0.4, 0.5) is 10.1 Å². The molecule has 6 nitrogen and oxygen atoms in total. The summed E-state index contributed by atoms with van der Waals surface area (Å²) in [6.45, 7) is 1.15. The van der Waals surface area contributed by atoms with Crippen molar-refractivity contribution in [2.24, 2.45) is 0 Å². The fourth-order valence-corrected chi connectivity index (χ4v) is 2.13. The molecule has 1 N–H and O–H groups in total. The number of ether oxygens (including phenoxy) is 1. The lowest BCUT2D eigenvalue weighted by atomic mass is 10.1. The van der Waals surface area contributed by atoms with Gasteiger partial charge in [-0.2, -0.15) is 0 Å². The number of benzene rings is 2. The van der Waals surface area contributed by atoms with Gasteiger partial charge in [-0.15, -0.1) is 0 Å². The minimum atomic E-state index is -0.605. The fourth-order valence-electron chi connectivity index (χ4n) is 2.13. The number of esters is 1. The molecule has 0 atom stereocenters. The van der Waals surface area contributed by atoms with Gasteiger partial charge in [-0.1, -0.05) is 17.7 Å². The molecule has 0 aliphatic carbocycles. The number of amides is 2. The van der Waals surface area contributed by atoms with Crippen LogP contribution in [0.3, 0.4) is 0 Å². The lowest BCUT2D eigenvalue weighted by Crippen LogP contribution is -2.37. The van der Waals surface area contributed by atoms with E-state index in [-0.39, 0.29) is 6.54 Å². The first-order valence-electron chi connectivity index (χ1n) is 7.88. The van der Waals surface area contributed by atoms with Crippen LogP contribution in [0.25, 0.3) is 0 Å². The average molecular weight is 358 g/mol. The second kappa shape index (κ2) is 8.75. The van der Waals surface area contributed by atoms with Crippen LogP contribution in [0.15, 0.2) is 48.5 Å². The van der Waals surface area contributed by atoms with E-state index in [4.69, 9.17) is 4.74 Å². The number of carbonyl (C=O) groups excluding carboxylic acids is 3. The van der Waals surface area contributed by atoms with Crippen LogP contribution in [0.2, 0.25) is 0 Å². The van der Waals surface area contributed by atoms with Gasteiger partial charge in [0.25, 0.3) is 5.91 Å². The van der Waals surface area contributed by atoms with E-state index in [9.17, 15) is 18.8 Å². The molecular formula is C19H19FN2O4. The number of halogens is 1. The Hall–Kier alpha value is -3.22. The number of rotatable bonds is 6. The van der Waals surface area contributed by atoms with E-state index in [1.165, 1.54) is 31.3 Å². The number of hydrogen-bond acceptors (Lipinski definition) is 4. The molecule has 2 rings (SSSR count). The molecule has 0 saturated carbocycles. The molecule has 0 bridgehead atoms. The molecule has 0 spiro atoms. The Morgan fingerprint density at radius 3 is 2.46 bits per heavy atom. The molecule has 0 aromatic heterocycles. The molecule has 0 heterocycles. The van der Waals surface area contributed by atoms with Crippen molar-refractivity contribution < 1.29 is 23.5 Å². The first kappa shape index (κ1) is 19.1. The largest absolute Gasteiger partial charge is 0.452 e. The van der Waals surface area contributed by atoms with Crippen molar-refractivity contribution in [3.63, 3.8) is 0 Å². The van der Waals surface area contributed by atoms with Gasteiger partial charge in [0.1, 0.15) is 5.82 Å². The van der Waals surface area contributed by atoms with Gasteiger partial charge >= 0.3 is 5.97 Å². The van der Waals surface area contributed by atoms with Crippen molar-refractivity contribution in [3.8, 4) is 0 Å². The molecule has 7 heteroatoms. The number of likely N-dealkylation sites (N-methyl/N-ethyl adjacent to an activating group) is 1. The minimum absolute atomic E-state index is 0.224. The summed E-state index contributed by atoms with van der Waals surface area (Å²) in [7, 11) is 1.42. The number of nitrogens with zero attached hydrogens (tertiary/aromatic N) is 1. The Kier molecular flexibility index (Phi) is 6.43. The van der Waals surface area contributed by atoms with Crippen LogP contribution in [-0.4, -0.2) is 42.9 Å². The van der Waals surface area contributed by atoms with Crippen LogP contribution in [-0.2, 0) is 14.3 Å². The van der Waals surface area contributed by atoms with E-state index >= 15 is 0 Å². The molecule has 0 unspecified atom stereocenters. The van der Waals surface area contributed by atoms with Crippen molar-refractivity contribution in [2.75, 3.05) is 25.5 Å². The second-order valence-corrected chi connectivity index (χ2v) is 5.75. The molecule has 0 fully saturated rings. The highest BCUT2D eigenvalue weighted by Crippen LogP contribution is 2.08. The van der Waals surface area contributed by atoms with E-state index in [2.05, 4.69) is 5.32 Å². The van der Waals surface area contributed by atoms with Crippen molar-refractivity contribution >= 4 is 23.5 Å². The van der Waals surface area contributed by atoms with Crippen LogP contribution in [0, 0.1) is 12.7 Å². The first-order chi connectivity index (χ1) is 12.3. The molecule has 136 valence electrons. The summed E-state index contributed by atoms with van der Waals surface area (Å²) in [6, 6.07) is 12.1. The van der Waals surface area contributed by atoms with E-state index < -0.39 is 30.2 Å². The standard InChI is InChI=1S/C19H19FN2O4/c1-13-4-3-5-14(10-13)19(25)26-12-18(24)22(2)11-17(23)21-16-8-6-15(20)7-9-16/h3-10H,11-12H2,1-2H3,(H,21,23). The molecule has 26 heavy (non-hydrogen) atoms. The van der Waals surface area contributed by atoms with Gasteiger partial charge in [-0.05, 0) is 43.3 Å². The normalized spacial score (nSPS) is 10.1. The molecule has 0 radical (unpaired) electrons. The quantitative estimate of drug-likeness (QED) is 0.805. The average Bonchev–Trinajstić information content (AvgIpc) is 2.61. The molecule has 2 aromatic carbocycles. The minimum Gasteiger partial charge on any atom is -0.452 e. The zero-order chi connectivity index (χ0) is 19.1. The topological polar surface area (TPSA) is 75.7 Å². The van der Waals surface area contributed by atoms with Crippen LogP contribution < -0.4 is 5.32 Å². The maximum atomic E-state index is 12.8. The summed E-state index contributed by atoms with van der Waals surface area (Å²) in [5.41, 5.74) is 1.68. The Morgan fingerprint density at radius 2 is 1.81 bits per heavy atom.